The van der Waals surface area contributed by atoms with Gasteiger partial charge in [0.25, 0.3) is 0 Å². The number of allylic oxidation sites excluding steroid dienone is 4. The first-order valence-electron chi connectivity index (χ1n) is 43.0. The topological polar surface area (TPSA) is 237 Å². The lowest BCUT2D eigenvalue weighted by Crippen LogP contribution is -2.30. The molecule has 0 fully saturated rings. The summed E-state index contributed by atoms with van der Waals surface area (Å²) in [6.45, 7) is 7.29. The van der Waals surface area contributed by atoms with Crippen LogP contribution in [0.4, 0.5) is 0 Å². The Balaban J connectivity index is 5.24. The number of carbonyl (C=O) groups excluding carboxylic acids is 4. The maximum Gasteiger partial charge on any atom is 0.472 e. The van der Waals surface area contributed by atoms with Gasteiger partial charge in [0.15, 0.2) is 12.2 Å². The average Bonchev–Trinajstić information content (AvgIpc) is 0.983. The summed E-state index contributed by atoms with van der Waals surface area (Å²) in [4.78, 5) is 73.0. The maximum absolute atomic E-state index is 13.1. The zero-order chi connectivity index (χ0) is 75.5. The van der Waals surface area contributed by atoms with Gasteiger partial charge in [0.2, 0.25) is 0 Å². The van der Waals surface area contributed by atoms with E-state index in [-0.39, 0.29) is 25.7 Å². The van der Waals surface area contributed by atoms with Crippen LogP contribution in [0.1, 0.15) is 426 Å². The third kappa shape index (κ3) is 77.5. The van der Waals surface area contributed by atoms with Gasteiger partial charge in [0.05, 0.1) is 26.4 Å². The van der Waals surface area contributed by atoms with E-state index in [9.17, 15) is 43.2 Å². The van der Waals surface area contributed by atoms with E-state index < -0.39 is 97.5 Å². The summed E-state index contributed by atoms with van der Waals surface area (Å²) < 4.78 is 68.7. The second-order valence-corrected chi connectivity index (χ2v) is 32.9. The smallest absolute Gasteiger partial charge is 0.462 e. The molecular formula is C84H160O17P2. The van der Waals surface area contributed by atoms with Gasteiger partial charge in [-0.25, -0.2) is 9.13 Å². The van der Waals surface area contributed by atoms with Gasteiger partial charge in [0, 0.05) is 25.7 Å². The number of unbranched alkanes of at least 4 members (excludes halogenated alkanes) is 51. The van der Waals surface area contributed by atoms with Crippen LogP contribution in [0.25, 0.3) is 0 Å². The molecule has 0 radical (unpaired) electrons. The predicted molar refractivity (Wildman–Crippen MR) is 423 cm³/mol. The van der Waals surface area contributed by atoms with E-state index in [1.165, 1.54) is 238 Å². The Morgan fingerprint density at radius 3 is 0.796 bits per heavy atom. The van der Waals surface area contributed by atoms with Gasteiger partial charge in [-0.05, 0) is 57.3 Å². The van der Waals surface area contributed by atoms with Crippen LogP contribution in [0, 0.1) is 5.92 Å². The monoisotopic (exact) mass is 1500 g/mol. The van der Waals surface area contributed by atoms with Crippen molar-refractivity contribution < 1.29 is 80.2 Å². The molecule has 0 aromatic heterocycles. The molecule has 0 heterocycles. The number of phosphoric ester groups is 2. The lowest BCUT2D eigenvalue weighted by molar-refractivity contribution is -0.161. The zero-order valence-corrected chi connectivity index (χ0v) is 68.7. The Bertz CT molecular complexity index is 2060. The molecule has 0 aliphatic heterocycles. The van der Waals surface area contributed by atoms with Gasteiger partial charge in [-0.15, -0.1) is 0 Å². The zero-order valence-electron chi connectivity index (χ0n) is 66.9. The minimum Gasteiger partial charge on any atom is -0.462 e. The fraction of sp³-hybridized carbons (Fsp3) is 0.905. The summed E-state index contributed by atoms with van der Waals surface area (Å²) in [5.74, 6) is -1.32. The van der Waals surface area contributed by atoms with Crippen molar-refractivity contribution in [3.05, 3.63) is 24.3 Å². The van der Waals surface area contributed by atoms with Gasteiger partial charge >= 0.3 is 39.5 Å². The fourth-order valence-corrected chi connectivity index (χ4v) is 14.2. The van der Waals surface area contributed by atoms with Gasteiger partial charge in [-0.3, -0.25) is 37.3 Å². The van der Waals surface area contributed by atoms with Crippen molar-refractivity contribution in [1.29, 1.82) is 0 Å². The Morgan fingerprint density at radius 2 is 0.524 bits per heavy atom. The molecule has 5 atom stereocenters. The van der Waals surface area contributed by atoms with E-state index >= 15 is 0 Å². The van der Waals surface area contributed by atoms with Crippen molar-refractivity contribution in [3.8, 4) is 0 Å². The molecule has 3 N–H and O–H groups in total. The number of esters is 4. The first-order valence-corrected chi connectivity index (χ1v) is 45.9. The maximum atomic E-state index is 13.1. The van der Waals surface area contributed by atoms with Crippen LogP contribution in [-0.4, -0.2) is 96.7 Å². The van der Waals surface area contributed by atoms with Crippen molar-refractivity contribution in [2.45, 2.75) is 445 Å². The molecule has 0 amide bonds. The number of rotatable bonds is 82. The first kappa shape index (κ1) is 101. The molecule has 0 bridgehead atoms. The number of hydrogen-bond donors (Lipinski definition) is 3. The standard InChI is InChI=1S/C84H160O17P2/c1-6-9-12-15-18-21-23-25-27-28-29-30-31-37-41-45-50-55-60-65-70-84(89)101-80(74-95-82(87)68-63-58-53-48-43-39-36-33-32-35-38-42-47-51-56-61-66-77(4)5)76-99-103(92,93)97-72-78(85)71-96-102(90,91)98-75-79(73-94-81(86)67-62-57-52-46-20-17-14-11-8-3)100-83(88)69-64-59-54-49-44-40-34-26-24-22-19-16-13-10-7-2/h22,24,26,34,77-80,85H,6-21,23,25,27-33,35-76H2,1-5H3,(H,90,91)(H,92,93)/b24-22-,34-26-/t78-,79+,80+/m0/s1. The van der Waals surface area contributed by atoms with Crippen LogP contribution in [0.5, 0.6) is 0 Å². The third-order valence-electron chi connectivity index (χ3n) is 19.2. The Morgan fingerprint density at radius 1 is 0.301 bits per heavy atom. The fourth-order valence-electron chi connectivity index (χ4n) is 12.6. The lowest BCUT2D eigenvalue weighted by atomic mass is 10.0. The molecule has 0 spiro atoms. The molecule has 19 heteroatoms. The van der Waals surface area contributed by atoms with E-state index in [1.807, 2.05) is 0 Å². The number of aliphatic hydroxyl groups excluding tert-OH is 1. The summed E-state index contributed by atoms with van der Waals surface area (Å²) in [6, 6.07) is 0. The number of hydrogen-bond acceptors (Lipinski definition) is 15. The van der Waals surface area contributed by atoms with Crippen LogP contribution in [-0.2, 0) is 65.4 Å². The van der Waals surface area contributed by atoms with Crippen LogP contribution in [0.2, 0.25) is 0 Å². The molecule has 0 aromatic rings. The molecule has 0 saturated heterocycles. The SMILES string of the molecule is CCCCCC/C=C\C=C/CCCCCCCC(=O)O[C@H](COC(=O)CCCCCCCCCCC)COP(=O)(O)OC[C@H](O)COP(=O)(O)OC[C@@H](COC(=O)CCCCCCCCCCCCCCCCCCC(C)C)OC(=O)CCCCCCCCCCCCCCCCCCCCCC. The van der Waals surface area contributed by atoms with Gasteiger partial charge in [-0.2, -0.15) is 0 Å². The van der Waals surface area contributed by atoms with E-state index in [2.05, 4.69) is 58.9 Å². The van der Waals surface area contributed by atoms with Crippen molar-refractivity contribution in [2.75, 3.05) is 39.6 Å². The third-order valence-corrected chi connectivity index (χ3v) is 21.1. The molecule has 608 valence electrons. The highest BCUT2D eigenvalue weighted by Crippen LogP contribution is 2.45. The van der Waals surface area contributed by atoms with Crippen LogP contribution in [0.3, 0.4) is 0 Å². The molecule has 0 aliphatic rings. The molecule has 0 aliphatic carbocycles. The highest BCUT2D eigenvalue weighted by molar-refractivity contribution is 7.47. The van der Waals surface area contributed by atoms with E-state index in [1.54, 1.807) is 0 Å². The number of ether oxygens (including phenoxy) is 4. The number of aliphatic hydroxyl groups is 1. The summed E-state index contributed by atoms with van der Waals surface area (Å²) in [7, 11) is -9.93. The van der Waals surface area contributed by atoms with Crippen LogP contribution >= 0.6 is 15.6 Å². The largest absolute Gasteiger partial charge is 0.472 e. The molecule has 0 saturated carbocycles. The molecule has 103 heavy (non-hydrogen) atoms. The summed E-state index contributed by atoms with van der Waals surface area (Å²) in [6.07, 6.45) is 71.7. The molecule has 17 nitrogen and oxygen atoms in total. The summed E-state index contributed by atoms with van der Waals surface area (Å²) >= 11 is 0. The Hall–Kier alpha value is -2.46. The van der Waals surface area contributed by atoms with Gasteiger partial charge in [-0.1, -0.05) is 374 Å². The van der Waals surface area contributed by atoms with E-state index in [0.717, 1.165) is 109 Å². The average molecular weight is 1500 g/mol. The Kier molecular flexibility index (Phi) is 74.5. The summed E-state index contributed by atoms with van der Waals surface area (Å²) in [5, 5.41) is 10.6. The highest BCUT2D eigenvalue weighted by Gasteiger charge is 2.30. The normalized spacial score (nSPS) is 14.0. The predicted octanol–water partition coefficient (Wildman–Crippen LogP) is 25.1. The van der Waals surface area contributed by atoms with Crippen LogP contribution in [0.15, 0.2) is 24.3 Å². The van der Waals surface area contributed by atoms with Crippen molar-refractivity contribution >= 4 is 39.5 Å². The molecular weight excluding hydrogens is 1340 g/mol. The molecule has 2 unspecified atom stereocenters. The van der Waals surface area contributed by atoms with E-state index in [0.29, 0.717) is 25.7 Å². The minimum absolute atomic E-state index is 0.0855. The quantitative estimate of drug-likeness (QED) is 0.0169. The first-order chi connectivity index (χ1) is 50.0. The van der Waals surface area contributed by atoms with Crippen LogP contribution < -0.4 is 0 Å². The summed E-state index contributed by atoms with van der Waals surface area (Å²) in [5.41, 5.74) is 0. The van der Waals surface area contributed by atoms with Gasteiger partial charge < -0.3 is 33.8 Å². The Labute approximate surface area is 631 Å². The molecule has 0 aromatic carbocycles. The van der Waals surface area contributed by atoms with Crippen molar-refractivity contribution in [3.63, 3.8) is 0 Å². The van der Waals surface area contributed by atoms with Crippen molar-refractivity contribution in [2.24, 2.45) is 5.92 Å². The van der Waals surface area contributed by atoms with E-state index in [4.69, 9.17) is 37.0 Å². The second kappa shape index (κ2) is 76.3. The molecule has 0 rings (SSSR count). The van der Waals surface area contributed by atoms with Gasteiger partial charge in [0.1, 0.15) is 19.3 Å². The number of carbonyl (C=O) groups is 4. The minimum atomic E-state index is -4.97. The second-order valence-electron chi connectivity index (χ2n) is 30.0. The number of phosphoric acid groups is 2. The highest BCUT2D eigenvalue weighted by atomic mass is 31.2. The lowest BCUT2D eigenvalue weighted by Gasteiger charge is -2.21. The van der Waals surface area contributed by atoms with Crippen molar-refractivity contribution in [1.82, 2.24) is 0 Å².